The second-order valence-corrected chi connectivity index (χ2v) is 30.0. The Kier molecular flexibility index (Phi) is 18.9. The van der Waals surface area contributed by atoms with Gasteiger partial charge in [-0.15, -0.1) is 0 Å². The minimum absolute atomic E-state index is 0.472. The number of hydrogen-bond donors (Lipinski definition) is 4. The van der Waals surface area contributed by atoms with Crippen LogP contribution in [0.15, 0.2) is 243 Å². The van der Waals surface area contributed by atoms with Crippen molar-refractivity contribution < 1.29 is 16.5 Å². The molecule has 8 aromatic heterocycles. The number of aryl methyl sites for hydroxylation is 6. The van der Waals surface area contributed by atoms with Crippen LogP contribution < -0.4 is 0 Å². The zero-order valence-electron chi connectivity index (χ0n) is 58.5. The van der Waals surface area contributed by atoms with Crippen LogP contribution in [0.1, 0.15) is 78.9 Å². The van der Waals surface area contributed by atoms with Crippen molar-refractivity contribution in [2.24, 2.45) is 0 Å². The Balaban J connectivity index is 0.000000156. The Morgan fingerprint density at radius 1 is 0.200 bits per heavy atom. The summed E-state index contributed by atoms with van der Waals surface area (Å²) in [4.78, 5) is 45.5. The van der Waals surface area contributed by atoms with Crippen LogP contribution >= 0.6 is 18.8 Å². The first-order valence-corrected chi connectivity index (χ1v) is 40.4. The summed E-state index contributed by atoms with van der Waals surface area (Å²) in [5, 5.41) is 0. The summed E-state index contributed by atoms with van der Waals surface area (Å²) >= 11 is -0.472. The summed E-state index contributed by atoms with van der Waals surface area (Å²) in [5.74, 6) is 0. The van der Waals surface area contributed by atoms with E-state index in [1.807, 2.05) is 49.1 Å². The molecule has 4 N–H and O–H groups in total. The van der Waals surface area contributed by atoms with Crippen LogP contribution in [-0.4, -0.2) is 49.8 Å². The first-order chi connectivity index (χ1) is 51.4. The molecule has 16 bridgehead atoms. The Morgan fingerprint density at radius 2 is 0.333 bits per heavy atom. The van der Waals surface area contributed by atoms with Crippen molar-refractivity contribution in [2.45, 2.75) is 41.5 Å². The van der Waals surface area contributed by atoms with Gasteiger partial charge in [-0.1, -0.05) is 179 Å². The minimum atomic E-state index is -0.472. The summed E-state index contributed by atoms with van der Waals surface area (Å²) in [5.41, 5.74) is 39.2. The van der Waals surface area contributed by atoms with Gasteiger partial charge in [0.2, 0.25) is 0 Å². The maximum absolute atomic E-state index is 5.39. The molecule has 12 heterocycles. The van der Waals surface area contributed by atoms with Gasteiger partial charge in [-0.05, 0) is 207 Å². The SMILES string of the molecule is Cc1ccc(-c2c3nc(c(-c4ccc(C)cc4)c4ccc([nH]4)c(-c4ccc(C)cc4)c4nc(c(-c5ccncc5)c5ccc2[nH]5)C=C4)C=C3)cc1.Cc1ccc(-c2c3nc(c(-c4ccc(C)cc4)c4ccc([nH]4)c(-c4ccc(C)cc4)c4nc(c(-c5ccncc5)c5ccc2[nH]5)C=C4)C=C3)cc1.[Cl][Pt][Cl]. The number of aromatic amines is 4. The van der Waals surface area contributed by atoms with E-state index in [4.69, 9.17) is 38.8 Å². The van der Waals surface area contributed by atoms with Crippen LogP contribution in [0.5, 0.6) is 0 Å². The number of rotatable bonds is 8. The Morgan fingerprint density at radius 3 is 0.476 bits per heavy atom. The molecule has 105 heavy (non-hydrogen) atoms. The van der Waals surface area contributed by atoms with Crippen LogP contribution in [0.3, 0.4) is 0 Å². The fourth-order valence-corrected chi connectivity index (χ4v) is 14.2. The molecular formula is C92H70Cl2N10Pt. The number of hydrogen-bond acceptors (Lipinski definition) is 6. The molecular weight excluding hydrogens is 1510 g/mol. The molecule has 13 heteroatoms. The zero-order chi connectivity index (χ0) is 71.7. The summed E-state index contributed by atoms with van der Waals surface area (Å²) < 4.78 is 0. The average molecular weight is 1580 g/mol. The number of benzene rings is 6. The standard InChI is InChI=1S/2C46H35N5.2ClH.Pt/c2*1-28-4-10-31(11-5-28)43-35-16-18-37(48-35)44(32-12-6-29(2)7-13-32)39-20-22-41(50-39)46(34-24-26-47-27-25-34)42-23-21-40(51-42)45(38-19-17-36(43)49-38)33-14-8-30(3)9-15-33;;;/h2*4-27,48,51H,1-3H3;2*1H;/q;;;;+2/p-2. The van der Waals surface area contributed by atoms with Crippen molar-refractivity contribution in [1.29, 1.82) is 0 Å². The third-order valence-electron chi connectivity index (χ3n) is 19.5. The van der Waals surface area contributed by atoms with E-state index in [0.29, 0.717) is 0 Å². The van der Waals surface area contributed by atoms with E-state index < -0.39 is 16.5 Å². The van der Waals surface area contributed by atoms with Gasteiger partial charge in [0.15, 0.2) is 0 Å². The van der Waals surface area contributed by atoms with E-state index in [1.54, 1.807) is 0 Å². The van der Waals surface area contributed by atoms with E-state index in [-0.39, 0.29) is 0 Å². The molecule has 18 rings (SSSR count). The average Bonchev–Trinajstić information content (AvgIpc) is 1.63. The predicted octanol–water partition coefficient (Wildman–Crippen LogP) is 24.7. The van der Waals surface area contributed by atoms with E-state index >= 15 is 0 Å². The molecule has 0 saturated heterocycles. The van der Waals surface area contributed by atoms with Crippen LogP contribution in [0.2, 0.25) is 0 Å². The predicted molar refractivity (Wildman–Crippen MR) is 437 cm³/mol. The number of halogens is 2. The third-order valence-corrected chi connectivity index (χ3v) is 19.5. The number of fused-ring (bicyclic) bond motifs is 16. The van der Waals surface area contributed by atoms with E-state index in [2.05, 4.69) is 314 Å². The first-order valence-electron chi connectivity index (χ1n) is 34.8. The first kappa shape index (κ1) is 67.6. The van der Waals surface area contributed by atoms with Crippen LogP contribution in [-0.2, 0) is 16.5 Å². The third kappa shape index (κ3) is 13.9. The molecule has 512 valence electrons. The molecule has 14 aromatic rings. The fourth-order valence-electron chi connectivity index (χ4n) is 14.2. The molecule has 4 aliphatic heterocycles. The summed E-state index contributed by atoms with van der Waals surface area (Å²) in [6.07, 6.45) is 24.4. The van der Waals surface area contributed by atoms with Crippen molar-refractivity contribution in [3.8, 4) is 89.0 Å². The molecule has 10 nitrogen and oxygen atoms in total. The van der Waals surface area contributed by atoms with Gasteiger partial charge in [0.25, 0.3) is 0 Å². The van der Waals surface area contributed by atoms with Crippen molar-refractivity contribution in [3.05, 3.63) is 322 Å². The van der Waals surface area contributed by atoms with Crippen molar-refractivity contribution in [1.82, 2.24) is 49.8 Å². The van der Waals surface area contributed by atoms with E-state index in [9.17, 15) is 0 Å². The second-order valence-electron chi connectivity index (χ2n) is 26.7. The Labute approximate surface area is 625 Å². The molecule has 0 saturated carbocycles. The zero-order valence-corrected chi connectivity index (χ0v) is 62.3. The second kappa shape index (κ2) is 29.4. The molecule has 0 amide bonds. The van der Waals surface area contributed by atoms with Crippen molar-refractivity contribution in [2.75, 3.05) is 0 Å². The molecule has 0 atom stereocenters. The van der Waals surface area contributed by atoms with E-state index in [1.165, 1.54) is 33.4 Å². The van der Waals surface area contributed by atoms with Gasteiger partial charge in [-0.2, -0.15) is 0 Å². The molecule has 0 spiro atoms. The monoisotopic (exact) mass is 1580 g/mol. The summed E-state index contributed by atoms with van der Waals surface area (Å²) in [6, 6.07) is 77.6. The van der Waals surface area contributed by atoms with Crippen LogP contribution in [0, 0.1) is 41.5 Å². The number of nitrogens with one attached hydrogen (secondary N) is 4. The van der Waals surface area contributed by atoms with Gasteiger partial charge in [0.1, 0.15) is 0 Å². The van der Waals surface area contributed by atoms with Gasteiger partial charge in [-0.3, -0.25) is 9.97 Å². The maximum atomic E-state index is 5.39. The van der Waals surface area contributed by atoms with Gasteiger partial charge >= 0.3 is 35.3 Å². The Hall–Kier alpha value is -11.9. The molecule has 4 aliphatic rings. The van der Waals surface area contributed by atoms with Crippen LogP contribution in [0.25, 0.3) is 182 Å². The number of nitrogens with zero attached hydrogens (tertiary/aromatic N) is 6. The molecule has 6 aromatic carbocycles. The fraction of sp³-hybridized carbons (Fsp3) is 0.0652. The van der Waals surface area contributed by atoms with Gasteiger partial charge in [0.05, 0.1) is 45.6 Å². The number of H-pyrrole nitrogens is 4. The van der Waals surface area contributed by atoms with Crippen LogP contribution in [0.4, 0.5) is 0 Å². The van der Waals surface area contributed by atoms with Crippen molar-refractivity contribution >= 4 is 112 Å². The molecule has 0 unspecified atom stereocenters. The van der Waals surface area contributed by atoms with Gasteiger partial charge in [0, 0.05) is 113 Å². The normalized spacial score (nSPS) is 11.9. The van der Waals surface area contributed by atoms with E-state index in [0.717, 1.165) is 179 Å². The number of pyridine rings is 2. The topological polar surface area (TPSA) is 140 Å². The van der Waals surface area contributed by atoms with Crippen molar-refractivity contribution in [3.63, 3.8) is 0 Å². The summed E-state index contributed by atoms with van der Waals surface area (Å²) in [6.45, 7) is 12.7. The van der Waals surface area contributed by atoms with Gasteiger partial charge in [-0.25, -0.2) is 19.9 Å². The molecule has 0 fully saturated rings. The summed E-state index contributed by atoms with van der Waals surface area (Å²) in [7, 11) is 9.75. The Bertz CT molecular complexity index is 5680. The number of aromatic nitrogens is 10. The molecule has 0 aliphatic carbocycles. The molecule has 0 radical (unpaired) electrons. The van der Waals surface area contributed by atoms with Gasteiger partial charge < -0.3 is 19.9 Å². The quantitative estimate of drug-likeness (QED) is 0.119.